The summed E-state index contributed by atoms with van der Waals surface area (Å²) in [4.78, 5) is 16.3. The summed E-state index contributed by atoms with van der Waals surface area (Å²) in [5, 5.41) is 17.8. The van der Waals surface area contributed by atoms with Crippen molar-refractivity contribution in [1.29, 1.82) is 0 Å². The van der Waals surface area contributed by atoms with Crippen LogP contribution in [0.25, 0.3) is 0 Å². The van der Waals surface area contributed by atoms with E-state index in [1.165, 1.54) is 0 Å². The molecule has 0 saturated carbocycles. The summed E-state index contributed by atoms with van der Waals surface area (Å²) in [6.45, 7) is 11.6. The lowest BCUT2D eigenvalue weighted by Crippen LogP contribution is -2.36. The third-order valence-electron chi connectivity index (χ3n) is 3.46. The highest BCUT2D eigenvalue weighted by Crippen LogP contribution is 2.23. The summed E-state index contributed by atoms with van der Waals surface area (Å²) in [7, 11) is 0. The van der Waals surface area contributed by atoms with Gasteiger partial charge in [0.05, 0.1) is 12.2 Å². The normalized spacial score (nSPS) is 12.3. The van der Waals surface area contributed by atoms with Gasteiger partial charge in [-0.2, -0.15) is 0 Å². The summed E-state index contributed by atoms with van der Waals surface area (Å²) in [5.74, 6) is 0. The van der Waals surface area contributed by atoms with Crippen LogP contribution in [0.1, 0.15) is 58.2 Å². The lowest BCUT2D eigenvalue weighted by molar-refractivity contribution is 0.148. The molecule has 0 atom stereocenters. The molecule has 0 aliphatic rings. The molecule has 3 N–H and O–H groups in total. The number of thiazole rings is 1. The lowest BCUT2D eigenvalue weighted by Gasteiger charge is -2.21. The predicted octanol–water partition coefficient (Wildman–Crippen LogP) is 3.04. The second-order valence-electron chi connectivity index (χ2n) is 7.41. The molecule has 0 aromatic carbocycles. The van der Waals surface area contributed by atoms with E-state index in [-0.39, 0.29) is 23.5 Å². The molecule has 1 aromatic rings. The maximum Gasteiger partial charge on any atom is 0.315 e. The number of nitrogens with zero attached hydrogens (tertiary/aromatic N) is 1. The van der Waals surface area contributed by atoms with Gasteiger partial charge in [-0.05, 0) is 18.3 Å². The summed E-state index contributed by atoms with van der Waals surface area (Å²) >= 11 is 1.57. The van der Waals surface area contributed by atoms with Gasteiger partial charge >= 0.3 is 6.03 Å². The molecule has 5 nitrogen and oxygen atoms in total. The number of aromatic nitrogens is 1. The second kappa shape index (κ2) is 7.92. The molecule has 126 valence electrons. The van der Waals surface area contributed by atoms with Gasteiger partial charge < -0.3 is 15.7 Å². The highest BCUT2D eigenvalue weighted by molar-refractivity contribution is 7.09. The van der Waals surface area contributed by atoms with Crippen molar-refractivity contribution in [3.05, 3.63) is 16.1 Å². The quantitative estimate of drug-likeness (QED) is 0.674. The summed E-state index contributed by atoms with van der Waals surface area (Å²) in [5.41, 5.74) is 1.01. The molecule has 2 amide bonds. The topological polar surface area (TPSA) is 74.2 Å². The minimum Gasteiger partial charge on any atom is -0.396 e. The van der Waals surface area contributed by atoms with E-state index in [0.717, 1.165) is 23.5 Å². The van der Waals surface area contributed by atoms with Gasteiger partial charge in [0.25, 0.3) is 0 Å². The molecule has 1 aromatic heterocycles. The summed E-state index contributed by atoms with van der Waals surface area (Å²) in [6, 6.07) is -0.172. The fourth-order valence-corrected chi connectivity index (χ4v) is 2.76. The van der Waals surface area contributed by atoms with E-state index in [4.69, 9.17) is 5.11 Å². The molecule has 0 aliphatic heterocycles. The second-order valence-corrected chi connectivity index (χ2v) is 8.35. The van der Waals surface area contributed by atoms with Gasteiger partial charge in [0, 0.05) is 23.9 Å². The molecule has 0 unspecified atom stereocenters. The fourth-order valence-electron chi connectivity index (χ4n) is 1.80. The molecule has 1 heterocycles. The van der Waals surface area contributed by atoms with Crippen LogP contribution in [0, 0.1) is 5.41 Å². The lowest BCUT2D eigenvalue weighted by atomic mass is 9.89. The predicted molar refractivity (Wildman–Crippen MR) is 91.2 cm³/mol. The van der Waals surface area contributed by atoms with E-state index in [2.05, 4.69) is 36.4 Å². The van der Waals surface area contributed by atoms with Crippen LogP contribution in [0.3, 0.4) is 0 Å². The van der Waals surface area contributed by atoms with E-state index in [9.17, 15) is 4.79 Å². The van der Waals surface area contributed by atoms with Crippen molar-refractivity contribution >= 4 is 17.4 Å². The third kappa shape index (κ3) is 6.75. The molecule has 0 radical (unpaired) electrons. The average molecular weight is 327 g/mol. The number of hydrogen-bond donors (Lipinski definition) is 3. The number of carbonyl (C=O) groups excluding carboxylic acids is 1. The van der Waals surface area contributed by atoms with Crippen LogP contribution in [0.2, 0.25) is 0 Å². The van der Waals surface area contributed by atoms with E-state index in [1.807, 2.05) is 19.2 Å². The van der Waals surface area contributed by atoms with Crippen molar-refractivity contribution in [2.75, 3.05) is 13.2 Å². The van der Waals surface area contributed by atoms with Gasteiger partial charge in [0.15, 0.2) is 0 Å². The summed E-state index contributed by atoms with van der Waals surface area (Å²) in [6.07, 6.45) is 1.73. The van der Waals surface area contributed by atoms with Crippen LogP contribution in [-0.4, -0.2) is 29.3 Å². The number of carbonyl (C=O) groups is 1. The van der Waals surface area contributed by atoms with E-state index < -0.39 is 0 Å². The Morgan fingerprint density at radius 1 is 1.27 bits per heavy atom. The Bertz CT molecular complexity index is 478. The number of amides is 2. The Labute approximate surface area is 137 Å². The number of aliphatic hydroxyl groups is 1. The maximum atomic E-state index is 11.7. The number of nitrogens with one attached hydrogen (secondary N) is 2. The van der Waals surface area contributed by atoms with Crippen molar-refractivity contribution in [3.8, 4) is 0 Å². The first kappa shape index (κ1) is 18.9. The molecule has 22 heavy (non-hydrogen) atoms. The average Bonchev–Trinajstić information content (AvgIpc) is 2.90. The van der Waals surface area contributed by atoms with Gasteiger partial charge in [-0.25, -0.2) is 9.78 Å². The smallest absolute Gasteiger partial charge is 0.315 e. The Kier molecular flexibility index (Phi) is 6.81. The van der Waals surface area contributed by atoms with Crippen LogP contribution < -0.4 is 10.6 Å². The fraction of sp³-hybridized carbons (Fsp3) is 0.750. The van der Waals surface area contributed by atoms with Gasteiger partial charge in [0.2, 0.25) is 0 Å². The largest absolute Gasteiger partial charge is 0.396 e. The van der Waals surface area contributed by atoms with Gasteiger partial charge in [-0.15, -0.1) is 11.3 Å². The van der Waals surface area contributed by atoms with Gasteiger partial charge in [-0.3, -0.25) is 0 Å². The van der Waals surface area contributed by atoms with Crippen molar-refractivity contribution in [1.82, 2.24) is 15.6 Å². The molecule has 0 aliphatic carbocycles. The van der Waals surface area contributed by atoms with E-state index >= 15 is 0 Å². The zero-order valence-electron chi connectivity index (χ0n) is 14.3. The molecule has 0 saturated heterocycles. The minimum absolute atomic E-state index is 0.0382. The van der Waals surface area contributed by atoms with E-state index in [1.54, 1.807) is 11.3 Å². The number of rotatable bonds is 7. The number of aliphatic hydroxyl groups excluding tert-OH is 1. The van der Waals surface area contributed by atoms with Crippen LogP contribution in [0.4, 0.5) is 4.79 Å². The first-order valence-electron chi connectivity index (χ1n) is 7.71. The number of urea groups is 1. The SMILES string of the molecule is CC(C)(CO)CCCNC(=O)NCc1nc(C(C)(C)C)cs1. The zero-order chi connectivity index (χ0) is 16.8. The maximum absolute atomic E-state index is 11.7. The van der Waals surface area contributed by atoms with Crippen LogP contribution in [0.5, 0.6) is 0 Å². The molecule has 0 fully saturated rings. The molecule has 1 rings (SSSR count). The Morgan fingerprint density at radius 2 is 1.95 bits per heavy atom. The summed E-state index contributed by atoms with van der Waals surface area (Å²) < 4.78 is 0. The van der Waals surface area contributed by atoms with Crippen molar-refractivity contribution in [2.45, 2.75) is 59.4 Å². The molecule has 6 heteroatoms. The standard InChI is InChI=1S/C16H29N3O2S/c1-15(2,3)12-10-22-13(19-12)9-18-14(21)17-8-6-7-16(4,5)11-20/h10,20H,6-9,11H2,1-5H3,(H2,17,18,21). The van der Waals surface area contributed by atoms with Gasteiger partial charge in [0.1, 0.15) is 5.01 Å². The highest BCUT2D eigenvalue weighted by Gasteiger charge is 2.18. The van der Waals surface area contributed by atoms with Crippen molar-refractivity contribution < 1.29 is 9.90 Å². The van der Waals surface area contributed by atoms with E-state index in [0.29, 0.717) is 13.1 Å². The monoisotopic (exact) mass is 327 g/mol. The zero-order valence-corrected chi connectivity index (χ0v) is 15.1. The number of hydrogen-bond acceptors (Lipinski definition) is 4. The highest BCUT2D eigenvalue weighted by atomic mass is 32.1. The molecular formula is C16H29N3O2S. The van der Waals surface area contributed by atoms with Crippen molar-refractivity contribution in [3.63, 3.8) is 0 Å². The van der Waals surface area contributed by atoms with Crippen molar-refractivity contribution in [2.24, 2.45) is 5.41 Å². The van der Waals surface area contributed by atoms with Crippen LogP contribution in [0.15, 0.2) is 5.38 Å². The Morgan fingerprint density at radius 3 is 2.50 bits per heavy atom. The first-order chi connectivity index (χ1) is 10.1. The molecule has 0 bridgehead atoms. The van der Waals surface area contributed by atoms with Gasteiger partial charge in [-0.1, -0.05) is 34.6 Å². The molecular weight excluding hydrogens is 298 g/mol. The van der Waals surface area contributed by atoms with Crippen LogP contribution in [-0.2, 0) is 12.0 Å². The first-order valence-corrected chi connectivity index (χ1v) is 8.59. The Balaban J connectivity index is 2.25. The minimum atomic E-state index is -0.172. The third-order valence-corrected chi connectivity index (χ3v) is 4.31. The Hall–Kier alpha value is -1.14. The van der Waals surface area contributed by atoms with Crippen LogP contribution >= 0.6 is 11.3 Å². The molecule has 0 spiro atoms.